The molecule has 1 aliphatic carbocycles. The van der Waals surface area contributed by atoms with Crippen molar-refractivity contribution in [2.24, 2.45) is 17.3 Å². The smallest absolute Gasteiger partial charge is 0.307 e. The molecule has 3 atom stereocenters. The number of aliphatic hydroxyl groups is 1. The summed E-state index contributed by atoms with van der Waals surface area (Å²) in [5.41, 5.74) is -0.675. The van der Waals surface area contributed by atoms with E-state index in [0.717, 1.165) is 0 Å². The second-order valence-corrected chi connectivity index (χ2v) is 4.76. The minimum Gasteiger partial charge on any atom is -0.481 e. The Morgan fingerprint density at radius 2 is 1.88 bits per heavy atom. The number of aliphatic carboxylic acids is 1. The molecule has 1 amide bonds. The lowest BCUT2D eigenvalue weighted by Crippen LogP contribution is -2.37. The molecule has 1 unspecified atom stereocenters. The summed E-state index contributed by atoms with van der Waals surface area (Å²) in [4.78, 5) is 22.3. The summed E-state index contributed by atoms with van der Waals surface area (Å²) in [6.45, 7) is 2.68. The van der Waals surface area contributed by atoms with Crippen molar-refractivity contribution in [2.45, 2.75) is 26.4 Å². The standard InChI is InChI=1S/C10H15F2NO4/c1-10(2)5(6(10)9(16)17)8(15)13-3-4(14)7(11)12/h4-7,14H,3H2,1-2H3,(H,13,15)(H,16,17)/t4?,5-,6+/m1/s1. The fourth-order valence-corrected chi connectivity index (χ4v) is 1.99. The van der Waals surface area contributed by atoms with E-state index in [-0.39, 0.29) is 0 Å². The number of nitrogens with one attached hydrogen (secondary N) is 1. The monoisotopic (exact) mass is 251 g/mol. The Kier molecular flexibility index (Phi) is 3.71. The van der Waals surface area contributed by atoms with Crippen molar-refractivity contribution in [1.82, 2.24) is 5.32 Å². The maximum absolute atomic E-state index is 12.0. The second-order valence-electron chi connectivity index (χ2n) is 4.76. The van der Waals surface area contributed by atoms with Crippen LogP contribution in [0, 0.1) is 17.3 Å². The van der Waals surface area contributed by atoms with Gasteiger partial charge in [-0.3, -0.25) is 9.59 Å². The van der Waals surface area contributed by atoms with Gasteiger partial charge < -0.3 is 15.5 Å². The molecule has 1 fully saturated rings. The molecule has 1 rings (SSSR count). The highest BCUT2D eigenvalue weighted by Gasteiger charge is 2.65. The molecule has 3 N–H and O–H groups in total. The van der Waals surface area contributed by atoms with Crippen LogP contribution in [0.2, 0.25) is 0 Å². The van der Waals surface area contributed by atoms with Crippen LogP contribution >= 0.6 is 0 Å². The molecule has 1 saturated carbocycles. The van der Waals surface area contributed by atoms with E-state index in [1.807, 2.05) is 0 Å². The van der Waals surface area contributed by atoms with E-state index in [1.165, 1.54) is 0 Å². The predicted octanol–water partition coefficient (Wildman–Crippen LogP) is 0.0854. The van der Waals surface area contributed by atoms with Crippen molar-refractivity contribution in [1.29, 1.82) is 0 Å². The Morgan fingerprint density at radius 3 is 2.24 bits per heavy atom. The molecule has 17 heavy (non-hydrogen) atoms. The lowest BCUT2D eigenvalue weighted by atomic mass is 10.1. The van der Waals surface area contributed by atoms with Gasteiger partial charge in [0.1, 0.15) is 6.10 Å². The van der Waals surface area contributed by atoms with Gasteiger partial charge >= 0.3 is 5.97 Å². The molecule has 0 saturated heterocycles. The number of carboxylic acids is 1. The van der Waals surface area contributed by atoms with E-state index in [0.29, 0.717) is 0 Å². The molecule has 98 valence electrons. The lowest BCUT2D eigenvalue weighted by Gasteiger charge is -2.11. The van der Waals surface area contributed by atoms with Crippen LogP contribution in [0.5, 0.6) is 0 Å². The first-order chi connectivity index (χ1) is 7.69. The number of alkyl halides is 2. The molecule has 0 aromatic rings. The van der Waals surface area contributed by atoms with Gasteiger partial charge in [0, 0.05) is 6.54 Å². The molecular weight excluding hydrogens is 236 g/mol. The molecule has 1 aliphatic rings. The van der Waals surface area contributed by atoms with Crippen molar-refractivity contribution in [3.8, 4) is 0 Å². The van der Waals surface area contributed by atoms with Crippen LogP contribution in [0.4, 0.5) is 8.78 Å². The van der Waals surface area contributed by atoms with E-state index in [9.17, 15) is 18.4 Å². The summed E-state index contributed by atoms with van der Waals surface area (Å²) in [5, 5.41) is 19.8. The van der Waals surface area contributed by atoms with Crippen LogP contribution in [0.15, 0.2) is 0 Å². The number of halogens is 2. The topological polar surface area (TPSA) is 86.6 Å². The van der Waals surface area contributed by atoms with Gasteiger partial charge in [0.05, 0.1) is 11.8 Å². The van der Waals surface area contributed by atoms with Crippen molar-refractivity contribution in [3.63, 3.8) is 0 Å². The first-order valence-corrected chi connectivity index (χ1v) is 5.16. The number of hydrogen-bond donors (Lipinski definition) is 3. The molecule has 0 bridgehead atoms. The molecule has 0 heterocycles. The molecule has 0 aromatic carbocycles. The molecule has 0 aromatic heterocycles. The Bertz CT molecular complexity index is 332. The molecule has 0 radical (unpaired) electrons. The van der Waals surface area contributed by atoms with Crippen molar-refractivity contribution in [2.75, 3.05) is 6.54 Å². The number of aliphatic hydroxyl groups excluding tert-OH is 1. The van der Waals surface area contributed by atoms with Crippen LogP contribution in [-0.2, 0) is 9.59 Å². The van der Waals surface area contributed by atoms with Gasteiger partial charge in [0.2, 0.25) is 5.91 Å². The van der Waals surface area contributed by atoms with Crippen molar-refractivity contribution in [3.05, 3.63) is 0 Å². The van der Waals surface area contributed by atoms with E-state index in [1.54, 1.807) is 13.8 Å². The van der Waals surface area contributed by atoms with Crippen LogP contribution in [-0.4, -0.2) is 41.2 Å². The molecule has 7 heteroatoms. The fraction of sp³-hybridized carbons (Fsp3) is 0.800. The largest absolute Gasteiger partial charge is 0.481 e. The number of hydrogen-bond acceptors (Lipinski definition) is 3. The molecule has 5 nitrogen and oxygen atoms in total. The number of carbonyl (C=O) groups excluding carboxylic acids is 1. The normalized spacial score (nSPS) is 27.6. The average Bonchev–Trinajstić information content (AvgIpc) is 2.77. The van der Waals surface area contributed by atoms with Gasteiger partial charge in [-0.2, -0.15) is 0 Å². The Labute approximate surface area is 96.8 Å². The summed E-state index contributed by atoms with van der Waals surface area (Å²) in [6, 6.07) is 0. The Morgan fingerprint density at radius 1 is 1.35 bits per heavy atom. The number of amides is 1. The van der Waals surface area contributed by atoms with Crippen LogP contribution in [0.1, 0.15) is 13.8 Å². The van der Waals surface area contributed by atoms with E-state index in [2.05, 4.69) is 5.32 Å². The van der Waals surface area contributed by atoms with Gasteiger partial charge in [-0.25, -0.2) is 8.78 Å². The first kappa shape index (κ1) is 13.8. The van der Waals surface area contributed by atoms with Crippen LogP contribution < -0.4 is 5.32 Å². The van der Waals surface area contributed by atoms with Crippen LogP contribution in [0.25, 0.3) is 0 Å². The third kappa shape index (κ3) is 2.71. The van der Waals surface area contributed by atoms with Crippen molar-refractivity contribution >= 4 is 11.9 Å². The van der Waals surface area contributed by atoms with Gasteiger partial charge in [-0.1, -0.05) is 13.8 Å². The zero-order valence-electron chi connectivity index (χ0n) is 9.48. The summed E-state index contributed by atoms with van der Waals surface area (Å²) < 4.78 is 23.9. The van der Waals surface area contributed by atoms with E-state index in [4.69, 9.17) is 10.2 Å². The first-order valence-electron chi connectivity index (χ1n) is 5.16. The Hall–Kier alpha value is -1.24. The summed E-state index contributed by atoms with van der Waals surface area (Å²) in [5.74, 6) is -3.22. The zero-order valence-corrected chi connectivity index (χ0v) is 9.48. The summed E-state index contributed by atoms with van der Waals surface area (Å²) in [7, 11) is 0. The highest BCUT2D eigenvalue weighted by Crippen LogP contribution is 2.58. The molecule has 0 spiro atoms. The van der Waals surface area contributed by atoms with Gasteiger partial charge in [-0.05, 0) is 5.41 Å². The van der Waals surface area contributed by atoms with Gasteiger partial charge in [0.15, 0.2) is 0 Å². The maximum atomic E-state index is 12.0. The SMILES string of the molecule is CC1(C)[C@H](C(=O)O)[C@@H]1C(=O)NCC(O)C(F)F. The van der Waals surface area contributed by atoms with Gasteiger partial charge in [0.25, 0.3) is 6.43 Å². The Balaban J connectivity index is 2.48. The third-order valence-corrected chi connectivity index (χ3v) is 3.15. The minimum absolute atomic E-state index is 0.574. The fourth-order valence-electron chi connectivity index (χ4n) is 1.99. The second kappa shape index (κ2) is 4.56. The number of carbonyl (C=O) groups is 2. The van der Waals surface area contributed by atoms with Crippen LogP contribution in [0.3, 0.4) is 0 Å². The molecular formula is C10H15F2NO4. The lowest BCUT2D eigenvalue weighted by molar-refractivity contribution is -0.140. The maximum Gasteiger partial charge on any atom is 0.307 e. The summed E-state index contributed by atoms with van der Waals surface area (Å²) >= 11 is 0. The average molecular weight is 251 g/mol. The van der Waals surface area contributed by atoms with Gasteiger partial charge in [-0.15, -0.1) is 0 Å². The molecule has 0 aliphatic heterocycles. The minimum atomic E-state index is -2.93. The zero-order chi connectivity index (χ0) is 13.4. The van der Waals surface area contributed by atoms with Crippen molar-refractivity contribution < 1.29 is 28.6 Å². The summed E-state index contributed by atoms with van der Waals surface area (Å²) in [6.07, 6.45) is -4.86. The third-order valence-electron chi connectivity index (χ3n) is 3.15. The number of carboxylic acid groups (broad SMARTS) is 1. The quantitative estimate of drug-likeness (QED) is 0.646. The van der Waals surface area contributed by atoms with E-state index >= 15 is 0 Å². The highest BCUT2D eigenvalue weighted by molar-refractivity contribution is 5.91. The van der Waals surface area contributed by atoms with E-state index < -0.39 is 48.2 Å². The number of rotatable bonds is 5. The predicted molar refractivity (Wildman–Crippen MR) is 53.4 cm³/mol. The highest BCUT2D eigenvalue weighted by atomic mass is 19.3.